The molecule has 1 amide bonds. The third-order valence-electron chi connectivity index (χ3n) is 3.94. The standard InChI is InChI=1S/C14H25NO2/c16-14(15-12-6-2-1-3-7-12)10-9-13-8-4-5-11-17-13/h12-13H,1-11H2,(H,15,16). The molecule has 2 fully saturated rings. The first-order valence-corrected chi connectivity index (χ1v) is 7.25. The van der Waals surface area contributed by atoms with E-state index in [1.807, 2.05) is 0 Å². The average Bonchev–Trinajstić information content (AvgIpc) is 2.39. The topological polar surface area (TPSA) is 38.3 Å². The van der Waals surface area contributed by atoms with Gasteiger partial charge in [-0.25, -0.2) is 0 Å². The fraction of sp³-hybridized carbons (Fsp3) is 0.929. The van der Waals surface area contributed by atoms with Gasteiger partial charge in [0.15, 0.2) is 0 Å². The molecular formula is C14H25NO2. The molecular weight excluding hydrogens is 214 g/mol. The van der Waals surface area contributed by atoms with Crippen molar-refractivity contribution >= 4 is 5.91 Å². The molecule has 1 heterocycles. The molecule has 1 saturated carbocycles. The molecule has 1 atom stereocenters. The van der Waals surface area contributed by atoms with Gasteiger partial charge in [-0.2, -0.15) is 0 Å². The van der Waals surface area contributed by atoms with Crippen LogP contribution in [0.25, 0.3) is 0 Å². The van der Waals surface area contributed by atoms with Crippen LogP contribution in [0.5, 0.6) is 0 Å². The number of carbonyl (C=O) groups is 1. The summed E-state index contributed by atoms with van der Waals surface area (Å²) in [4.78, 5) is 11.8. The molecule has 0 aromatic heterocycles. The van der Waals surface area contributed by atoms with Crippen molar-refractivity contribution in [1.29, 1.82) is 0 Å². The van der Waals surface area contributed by atoms with Gasteiger partial charge in [-0.05, 0) is 38.5 Å². The molecule has 2 aliphatic rings. The predicted octanol–water partition coefficient (Wildman–Crippen LogP) is 2.78. The lowest BCUT2D eigenvalue weighted by atomic mass is 9.95. The molecule has 0 spiro atoms. The molecule has 3 nitrogen and oxygen atoms in total. The SMILES string of the molecule is O=C(CCC1CCCCO1)NC1CCCCC1. The Labute approximate surface area is 104 Å². The molecule has 98 valence electrons. The molecule has 1 saturated heterocycles. The third kappa shape index (κ3) is 4.66. The van der Waals surface area contributed by atoms with Crippen LogP contribution in [0.2, 0.25) is 0 Å². The molecule has 1 unspecified atom stereocenters. The first-order valence-electron chi connectivity index (χ1n) is 7.25. The van der Waals surface area contributed by atoms with E-state index in [0.29, 0.717) is 18.6 Å². The second-order valence-corrected chi connectivity index (χ2v) is 5.43. The summed E-state index contributed by atoms with van der Waals surface area (Å²) >= 11 is 0. The average molecular weight is 239 g/mol. The van der Waals surface area contributed by atoms with Crippen LogP contribution >= 0.6 is 0 Å². The Kier molecular flexibility index (Phi) is 5.30. The maximum absolute atomic E-state index is 11.8. The lowest BCUT2D eigenvalue weighted by Crippen LogP contribution is -2.36. The van der Waals surface area contributed by atoms with Crippen LogP contribution in [-0.4, -0.2) is 24.7 Å². The van der Waals surface area contributed by atoms with Crippen LogP contribution in [0.3, 0.4) is 0 Å². The molecule has 0 radical (unpaired) electrons. The summed E-state index contributed by atoms with van der Waals surface area (Å²) in [7, 11) is 0. The second kappa shape index (κ2) is 7.00. The molecule has 2 rings (SSSR count). The van der Waals surface area contributed by atoms with Crippen molar-refractivity contribution in [3.63, 3.8) is 0 Å². The molecule has 1 N–H and O–H groups in total. The van der Waals surface area contributed by atoms with Crippen LogP contribution in [-0.2, 0) is 9.53 Å². The van der Waals surface area contributed by atoms with Crippen molar-refractivity contribution in [2.75, 3.05) is 6.61 Å². The van der Waals surface area contributed by atoms with Gasteiger partial charge < -0.3 is 10.1 Å². The van der Waals surface area contributed by atoms with E-state index < -0.39 is 0 Å². The number of amides is 1. The Morgan fingerprint density at radius 3 is 2.53 bits per heavy atom. The Morgan fingerprint density at radius 2 is 1.82 bits per heavy atom. The lowest BCUT2D eigenvalue weighted by molar-refractivity contribution is -0.123. The monoisotopic (exact) mass is 239 g/mol. The van der Waals surface area contributed by atoms with Gasteiger partial charge in [-0.1, -0.05) is 19.3 Å². The zero-order valence-corrected chi connectivity index (χ0v) is 10.7. The fourth-order valence-electron chi connectivity index (χ4n) is 2.87. The van der Waals surface area contributed by atoms with Gasteiger partial charge in [0.05, 0.1) is 6.10 Å². The van der Waals surface area contributed by atoms with Crippen LogP contribution < -0.4 is 5.32 Å². The van der Waals surface area contributed by atoms with Crippen LogP contribution in [0.15, 0.2) is 0 Å². The van der Waals surface area contributed by atoms with E-state index in [-0.39, 0.29) is 5.91 Å². The minimum absolute atomic E-state index is 0.228. The maximum atomic E-state index is 11.8. The van der Waals surface area contributed by atoms with Gasteiger partial charge in [-0.3, -0.25) is 4.79 Å². The summed E-state index contributed by atoms with van der Waals surface area (Å²) in [6.07, 6.45) is 11.7. The first-order chi connectivity index (χ1) is 8.34. The van der Waals surface area contributed by atoms with Crippen molar-refractivity contribution in [2.24, 2.45) is 0 Å². The summed E-state index contributed by atoms with van der Waals surface area (Å²) in [6.45, 7) is 0.884. The number of ether oxygens (including phenoxy) is 1. The number of hydrogen-bond acceptors (Lipinski definition) is 2. The van der Waals surface area contributed by atoms with E-state index in [1.54, 1.807) is 0 Å². The smallest absolute Gasteiger partial charge is 0.220 e. The number of nitrogens with one attached hydrogen (secondary N) is 1. The first kappa shape index (κ1) is 12.9. The van der Waals surface area contributed by atoms with Crippen molar-refractivity contribution < 1.29 is 9.53 Å². The van der Waals surface area contributed by atoms with Crippen LogP contribution in [0.1, 0.15) is 64.2 Å². The molecule has 0 aromatic rings. The maximum Gasteiger partial charge on any atom is 0.220 e. The number of hydrogen-bond donors (Lipinski definition) is 1. The third-order valence-corrected chi connectivity index (χ3v) is 3.94. The number of rotatable bonds is 4. The van der Waals surface area contributed by atoms with Gasteiger partial charge in [0.25, 0.3) is 0 Å². The van der Waals surface area contributed by atoms with Gasteiger partial charge in [0, 0.05) is 19.1 Å². The fourth-order valence-corrected chi connectivity index (χ4v) is 2.87. The largest absolute Gasteiger partial charge is 0.378 e. The molecule has 0 aromatic carbocycles. The normalized spacial score (nSPS) is 26.7. The van der Waals surface area contributed by atoms with E-state index >= 15 is 0 Å². The Balaban J connectivity index is 1.59. The minimum Gasteiger partial charge on any atom is -0.378 e. The molecule has 0 bridgehead atoms. The van der Waals surface area contributed by atoms with Gasteiger partial charge in [-0.15, -0.1) is 0 Å². The highest BCUT2D eigenvalue weighted by Gasteiger charge is 2.18. The molecule has 1 aliphatic carbocycles. The summed E-state index contributed by atoms with van der Waals surface area (Å²) in [6, 6.07) is 0.448. The highest BCUT2D eigenvalue weighted by atomic mass is 16.5. The quantitative estimate of drug-likeness (QED) is 0.819. The summed E-state index contributed by atoms with van der Waals surface area (Å²) in [5.74, 6) is 0.228. The Bertz CT molecular complexity index is 230. The van der Waals surface area contributed by atoms with E-state index in [1.165, 1.54) is 44.9 Å². The van der Waals surface area contributed by atoms with E-state index in [9.17, 15) is 4.79 Å². The predicted molar refractivity (Wildman–Crippen MR) is 67.8 cm³/mol. The summed E-state index contributed by atoms with van der Waals surface area (Å²) in [5, 5.41) is 3.16. The van der Waals surface area contributed by atoms with Crippen molar-refractivity contribution in [3.8, 4) is 0 Å². The van der Waals surface area contributed by atoms with Crippen LogP contribution in [0.4, 0.5) is 0 Å². The van der Waals surface area contributed by atoms with Crippen molar-refractivity contribution in [2.45, 2.75) is 76.4 Å². The Hall–Kier alpha value is -0.570. The van der Waals surface area contributed by atoms with Crippen molar-refractivity contribution in [3.05, 3.63) is 0 Å². The van der Waals surface area contributed by atoms with E-state index in [0.717, 1.165) is 19.4 Å². The summed E-state index contributed by atoms with van der Waals surface area (Å²) in [5.41, 5.74) is 0. The van der Waals surface area contributed by atoms with E-state index in [2.05, 4.69) is 5.32 Å². The van der Waals surface area contributed by atoms with Crippen molar-refractivity contribution in [1.82, 2.24) is 5.32 Å². The van der Waals surface area contributed by atoms with E-state index in [4.69, 9.17) is 4.74 Å². The zero-order valence-electron chi connectivity index (χ0n) is 10.7. The second-order valence-electron chi connectivity index (χ2n) is 5.43. The molecule has 17 heavy (non-hydrogen) atoms. The van der Waals surface area contributed by atoms with Gasteiger partial charge in [0.1, 0.15) is 0 Å². The highest BCUT2D eigenvalue weighted by molar-refractivity contribution is 5.76. The Morgan fingerprint density at radius 1 is 1.06 bits per heavy atom. The summed E-state index contributed by atoms with van der Waals surface area (Å²) < 4.78 is 5.64. The zero-order chi connectivity index (χ0) is 11.9. The molecule has 3 heteroatoms. The van der Waals surface area contributed by atoms with Gasteiger partial charge in [0.2, 0.25) is 5.91 Å². The van der Waals surface area contributed by atoms with Crippen LogP contribution in [0, 0.1) is 0 Å². The van der Waals surface area contributed by atoms with Gasteiger partial charge >= 0.3 is 0 Å². The molecule has 1 aliphatic heterocycles. The lowest BCUT2D eigenvalue weighted by Gasteiger charge is -2.24. The number of carbonyl (C=O) groups excluding carboxylic acids is 1. The highest BCUT2D eigenvalue weighted by Crippen LogP contribution is 2.19. The minimum atomic E-state index is 0.228.